The summed E-state index contributed by atoms with van der Waals surface area (Å²) in [5, 5.41) is 6.17. The van der Waals surface area contributed by atoms with Crippen molar-refractivity contribution in [1.29, 1.82) is 0 Å². The Kier molecular flexibility index (Phi) is 5.76. The largest absolute Gasteiger partial charge is 0.454 e. The predicted octanol–water partition coefficient (Wildman–Crippen LogP) is 5.38. The van der Waals surface area contributed by atoms with Gasteiger partial charge < -0.3 is 10.1 Å². The second-order valence-electron chi connectivity index (χ2n) is 7.17. The number of hydrogen-bond acceptors (Lipinski definition) is 4. The van der Waals surface area contributed by atoms with E-state index in [2.05, 4.69) is 5.32 Å². The Labute approximate surface area is 179 Å². The summed E-state index contributed by atoms with van der Waals surface area (Å²) in [6, 6.07) is 23.8. The smallest absolute Gasteiger partial charge is 0.339 e. The van der Waals surface area contributed by atoms with E-state index < -0.39 is 5.97 Å². The van der Waals surface area contributed by atoms with Crippen LogP contribution in [0.2, 0.25) is 0 Å². The van der Waals surface area contributed by atoms with Gasteiger partial charge >= 0.3 is 5.97 Å². The van der Waals surface area contributed by atoms with E-state index in [1.807, 2.05) is 54.6 Å². The molecule has 1 amide bonds. The van der Waals surface area contributed by atoms with Gasteiger partial charge in [-0.15, -0.1) is 0 Å². The van der Waals surface area contributed by atoms with E-state index in [9.17, 15) is 14.4 Å². The molecule has 0 fully saturated rings. The van der Waals surface area contributed by atoms with Gasteiger partial charge in [-0.3, -0.25) is 9.59 Å². The highest BCUT2D eigenvalue weighted by atomic mass is 16.5. The van der Waals surface area contributed by atoms with Crippen molar-refractivity contribution in [1.82, 2.24) is 0 Å². The molecule has 0 spiro atoms. The lowest BCUT2D eigenvalue weighted by atomic mass is 9.97. The summed E-state index contributed by atoms with van der Waals surface area (Å²) in [7, 11) is 0. The number of fused-ring (bicyclic) bond motifs is 2. The number of benzene rings is 4. The standard InChI is InChI=1S/C26H21NO4/c1-2-24(29)27-20-13-11-17(12-14-20)23(28)16-31-26(30)25-21-9-5-3-7-18(21)15-19-8-4-6-10-22(19)25/h3-15H,2,16H2,1H3,(H,27,29). The second kappa shape index (κ2) is 8.79. The maximum atomic E-state index is 13.0. The van der Waals surface area contributed by atoms with Crippen molar-refractivity contribution in [2.45, 2.75) is 13.3 Å². The number of anilines is 1. The Morgan fingerprint density at radius 1 is 0.806 bits per heavy atom. The van der Waals surface area contributed by atoms with Crippen molar-refractivity contribution in [3.8, 4) is 0 Å². The monoisotopic (exact) mass is 411 g/mol. The summed E-state index contributed by atoms with van der Waals surface area (Å²) in [4.78, 5) is 37.0. The minimum atomic E-state index is -0.534. The van der Waals surface area contributed by atoms with Crippen LogP contribution in [0.15, 0.2) is 78.9 Å². The van der Waals surface area contributed by atoms with Crippen molar-refractivity contribution in [2.24, 2.45) is 0 Å². The number of amides is 1. The molecule has 0 saturated carbocycles. The van der Waals surface area contributed by atoms with E-state index in [0.717, 1.165) is 21.5 Å². The van der Waals surface area contributed by atoms with Crippen molar-refractivity contribution in [2.75, 3.05) is 11.9 Å². The average molecular weight is 411 g/mol. The highest BCUT2D eigenvalue weighted by molar-refractivity contribution is 6.17. The Morgan fingerprint density at radius 2 is 1.39 bits per heavy atom. The van der Waals surface area contributed by atoms with Crippen LogP contribution in [0.25, 0.3) is 21.5 Å². The summed E-state index contributed by atoms with van der Waals surface area (Å²) >= 11 is 0. The average Bonchev–Trinajstić information content (AvgIpc) is 2.81. The molecule has 0 heterocycles. The number of rotatable bonds is 6. The van der Waals surface area contributed by atoms with E-state index >= 15 is 0 Å². The van der Waals surface area contributed by atoms with Crippen LogP contribution in [0.3, 0.4) is 0 Å². The normalized spacial score (nSPS) is 10.7. The van der Waals surface area contributed by atoms with Crippen LogP contribution in [0.1, 0.15) is 34.1 Å². The van der Waals surface area contributed by atoms with Crippen molar-refractivity contribution in [3.05, 3.63) is 90.0 Å². The highest BCUT2D eigenvalue weighted by Gasteiger charge is 2.18. The lowest BCUT2D eigenvalue weighted by Gasteiger charge is -2.11. The van der Waals surface area contributed by atoms with Crippen LogP contribution >= 0.6 is 0 Å². The highest BCUT2D eigenvalue weighted by Crippen LogP contribution is 2.29. The van der Waals surface area contributed by atoms with Crippen LogP contribution in [0.5, 0.6) is 0 Å². The first-order chi connectivity index (χ1) is 15.1. The van der Waals surface area contributed by atoms with Crippen LogP contribution in [0.4, 0.5) is 5.69 Å². The maximum Gasteiger partial charge on any atom is 0.339 e. The third-order valence-corrected chi connectivity index (χ3v) is 5.12. The van der Waals surface area contributed by atoms with Gasteiger partial charge in [-0.2, -0.15) is 0 Å². The van der Waals surface area contributed by atoms with Gasteiger partial charge in [-0.05, 0) is 51.9 Å². The minimum Gasteiger partial charge on any atom is -0.454 e. The van der Waals surface area contributed by atoms with Gasteiger partial charge in [-0.25, -0.2) is 4.79 Å². The molecule has 4 rings (SSSR count). The fraction of sp³-hybridized carbons (Fsp3) is 0.115. The molecular formula is C26H21NO4. The first-order valence-corrected chi connectivity index (χ1v) is 10.1. The van der Waals surface area contributed by atoms with Crippen molar-refractivity contribution < 1.29 is 19.1 Å². The molecule has 5 nitrogen and oxygen atoms in total. The quantitative estimate of drug-likeness (QED) is 0.263. The molecule has 4 aromatic rings. The molecule has 1 N–H and O–H groups in total. The number of ketones is 1. The molecule has 0 saturated heterocycles. The molecule has 0 aliphatic heterocycles. The van der Waals surface area contributed by atoms with Gasteiger partial charge in [0, 0.05) is 17.7 Å². The zero-order valence-electron chi connectivity index (χ0n) is 17.1. The number of nitrogens with one attached hydrogen (secondary N) is 1. The Hall–Kier alpha value is -3.99. The molecule has 0 unspecified atom stereocenters. The van der Waals surface area contributed by atoms with Gasteiger partial charge in [0.25, 0.3) is 0 Å². The van der Waals surface area contributed by atoms with Gasteiger partial charge in [0.1, 0.15) is 0 Å². The molecule has 31 heavy (non-hydrogen) atoms. The number of carbonyl (C=O) groups excluding carboxylic acids is 3. The number of carbonyl (C=O) groups is 3. The molecular weight excluding hydrogens is 390 g/mol. The molecule has 0 aliphatic rings. The van der Waals surface area contributed by atoms with E-state index in [1.165, 1.54) is 0 Å². The van der Waals surface area contributed by atoms with E-state index in [1.54, 1.807) is 31.2 Å². The van der Waals surface area contributed by atoms with E-state index in [0.29, 0.717) is 23.2 Å². The van der Waals surface area contributed by atoms with Gasteiger partial charge in [0.15, 0.2) is 12.4 Å². The topological polar surface area (TPSA) is 72.5 Å². The molecule has 5 heteroatoms. The van der Waals surface area contributed by atoms with E-state index in [-0.39, 0.29) is 18.3 Å². The number of ether oxygens (including phenoxy) is 1. The lowest BCUT2D eigenvalue weighted by Crippen LogP contribution is -2.15. The summed E-state index contributed by atoms with van der Waals surface area (Å²) in [6.45, 7) is 1.40. The fourth-order valence-electron chi connectivity index (χ4n) is 3.51. The first kappa shape index (κ1) is 20.3. The lowest BCUT2D eigenvalue weighted by molar-refractivity contribution is -0.115. The van der Waals surface area contributed by atoms with E-state index in [4.69, 9.17) is 4.74 Å². The van der Waals surface area contributed by atoms with Gasteiger partial charge in [0.05, 0.1) is 5.56 Å². The molecule has 4 aromatic carbocycles. The molecule has 0 radical (unpaired) electrons. The van der Waals surface area contributed by atoms with Crippen molar-refractivity contribution in [3.63, 3.8) is 0 Å². The third-order valence-electron chi connectivity index (χ3n) is 5.12. The fourth-order valence-corrected chi connectivity index (χ4v) is 3.51. The van der Waals surface area contributed by atoms with Crippen LogP contribution in [-0.4, -0.2) is 24.3 Å². The SMILES string of the molecule is CCC(=O)Nc1ccc(C(=O)COC(=O)c2c3ccccc3cc3ccccc23)cc1. The van der Waals surface area contributed by atoms with Crippen LogP contribution in [-0.2, 0) is 9.53 Å². The summed E-state index contributed by atoms with van der Waals surface area (Å²) < 4.78 is 5.41. The number of hydrogen-bond donors (Lipinski definition) is 1. The predicted molar refractivity (Wildman–Crippen MR) is 121 cm³/mol. The summed E-state index contributed by atoms with van der Waals surface area (Å²) in [5.74, 6) is -0.949. The maximum absolute atomic E-state index is 13.0. The first-order valence-electron chi connectivity index (χ1n) is 10.1. The van der Waals surface area contributed by atoms with Crippen LogP contribution in [0, 0.1) is 0 Å². The Bertz CT molecular complexity index is 1240. The molecule has 0 bridgehead atoms. The van der Waals surface area contributed by atoms with Crippen LogP contribution < -0.4 is 5.32 Å². The Balaban J connectivity index is 1.54. The van der Waals surface area contributed by atoms with Gasteiger partial charge in [-0.1, -0.05) is 55.5 Å². The number of esters is 1. The number of Topliss-reactive ketones (excluding diaryl/α,β-unsaturated/α-hetero) is 1. The van der Waals surface area contributed by atoms with Gasteiger partial charge in [0.2, 0.25) is 5.91 Å². The zero-order valence-corrected chi connectivity index (χ0v) is 17.1. The second-order valence-corrected chi connectivity index (χ2v) is 7.17. The minimum absolute atomic E-state index is 0.102. The molecule has 0 aliphatic carbocycles. The molecule has 0 aromatic heterocycles. The zero-order chi connectivity index (χ0) is 21.8. The third kappa shape index (κ3) is 4.31. The molecule has 154 valence electrons. The summed E-state index contributed by atoms with van der Waals surface area (Å²) in [5.41, 5.74) is 1.48. The summed E-state index contributed by atoms with van der Waals surface area (Å²) in [6.07, 6.45) is 0.374. The van der Waals surface area contributed by atoms with Crippen molar-refractivity contribution >= 4 is 44.9 Å². The molecule has 0 atom stereocenters. The Morgan fingerprint density at radius 3 is 1.97 bits per heavy atom.